The van der Waals surface area contributed by atoms with E-state index in [9.17, 15) is 0 Å². The van der Waals surface area contributed by atoms with Crippen molar-refractivity contribution in [3.8, 4) is 0 Å². The van der Waals surface area contributed by atoms with E-state index < -0.39 is 0 Å². The standard InChI is InChI=1S/C16H34N4S.HI/c1-6-17-15(19-13-16(2,3)21-5)18-10-7-14-8-11-20(4)12-9-14;/h14H,6-13H2,1-5H3,(H2,17,18,19);1H. The average Bonchev–Trinajstić information content (AvgIpc) is 2.47. The van der Waals surface area contributed by atoms with Gasteiger partial charge in [-0.25, -0.2) is 0 Å². The number of aliphatic imine (C=N–C) groups is 1. The second kappa shape index (κ2) is 11.8. The van der Waals surface area contributed by atoms with Gasteiger partial charge >= 0.3 is 0 Å². The number of nitrogens with one attached hydrogen (secondary N) is 2. The molecule has 22 heavy (non-hydrogen) atoms. The number of halogens is 1. The monoisotopic (exact) mass is 442 g/mol. The van der Waals surface area contributed by atoms with E-state index in [1.165, 1.54) is 32.4 Å². The molecule has 0 aromatic heterocycles. The Balaban J connectivity index is 0.00000441. The highest BCUT2D eigenvalue weighted by atomic mass is 127. The number of guanidine groups is 1. The lowest BCUT2D eigenvalue weighted by Gasteiger charge is -2.29. The second-order valence-electron chi connectivity index (χ2n) is 6.62. The van der Waals surface area contributed by atoms with Crippen molar-refractivity contribution < 1.29 is 0 Å². The minimum absolute atomic E-state index is 0. The molecule has 0 radical (unpaired) electrons. The van der Waals surface area contributed by atoms with Crippen LogP contribution in [0.1, 0.15) is 40.0 Å². The molecule has 4 nitrogen and oxygen atoms in total. The van der Waals surface area contributed by atoms with Crippen LogP contribution in [0.3, 0.4) is 0 Å². The molecule has 0 aliphatic carbocycles. The Bertz CT molecular complexity index is 315. The van der Waals surface area contributed by atoms with Gasteiger partial charge in [0.1, 0.15) is 0 Å². The molecule has 1 heterocycles. The third kappa shape index (κ3) is 9.45. The van der Waals surface area contributed by atoms with Gasteiger partial charge in [0.2, 0.25) is 0 Å². The highest BCUT2D eigenvalue weighted by Gasteiger charge is 2.17. The molecule has 1 aliphatic heterocycles. The summed E-state index contributed by atoms with van der Waals surface area (Å²) in [4.78, 5) is 7.15. The van der Waals surface area contributed by atoms with Crippen molar-refractivity contribution in [1.82, 2.24) is 15.5 Å². The normalized spacial score (nSPS) is 18.0. The zero-order valence-corrected chi connectivity index (χ0v) is 18.1. The van der Waals surface area contributed by atoms with E-state index in [0.717, 1.165) is 31.5 Å². The van der Waals surface area contributed by atoms with Crippen LogP contribution in [-0.2, 0) is 0 Å². The van der Waals surface area contributed by atoms with Crippen molar-refractivity contribution >= 4 is 41.7 Å². The highest BCUT2D eigenvalue weighted by molar-refractivity contribution is 14.0. The molecule has 1 aliphatic rings. The molecular formula is C16H35IN4S. The predicted molar refractivity (Wildman–Crippen MR) is 112 cm³/mol. The van der Waals surface area contributed by atoms with Gasteiger partial charge in [0.25, 0.3) is 0 Å². The first-order valence-corrected chi connectivity index (χ1v) is 9.45. The van der Waals surface area contributed by atoms with Crippen LogP contribution in [0.5, 0.6) is 0 Å². The lowest BCUT2D eigenvalue weighted by Crippen LogP contribution is -2.40. The molecule has 0 amide bonds. The Labute approximate surface area is 158 Å². The Morgan fingerprint density at radius 2 is 1.91 bits per heavy atom. The molecule has 6 heteroatoms. The molecule has 1 saturated heterocycles. The van der Waals surface area contributed by atoms with E-state index in [2.05, 4.69) is 49.6 Å². The van der Waals surface area contributed by atoms with Gasteiger partial charge in [-0.1, -0.05) is 0 Å². The number of thioether (sulfide) groups is 1. The van der Waals surface area contributed by atoms with Gasteiger partial charge in [-0.3, -0.25) is 4.99 Å². The van der Waals surface area contributed by atoms with Gasteiger partial charge < -0.3 is 15.5 Å². The van der Waals surface area contributed by atoms with Gasteiger partial charge in [-0.2, -0.15) is 11.8 Å². The molecule has 0 aromatic carbocycles. The summed E-state index contributed by atoms with van der Waals surface area (Å²) < 4.78 is 0.205. The van der Waals surface area contributed by atoms with E-state index in [1.807, 2.05) is 11.8 Å². The van der Waals surface area contributed by atoms with E-state index in [-0.39, 0.29) is 28.7 Å². The maximum atomic E-state index is 4.72. The van der Waals surface area contributed by atoms with Gasteiger partial charge in [0.15, 0.2) is 5.96 Å². The fourth-order valence-electron chi connectivity index (χ4n) is 2.42. The summed E-state index contributed by atoms with van der Waals surface area (Å²) in [6, 6.07) is 0. The van der Waals surface area contributed by atoms with Crippen molar-refractivity contribution in [2.45, 2.75) is 44.8 Å². The van der Waals surface area contributed by atoms with Crippen molar-refractivity contribution in [1.29, 1.82) is 0 Å². The summed E-state index contributed by atoms with van der Waals surface area (Å²) in [7, 11) is 2.22. The Morgan fingerprint density at radius 1 is 1.27 bits per heavy atom. The third-order valence-electron chi connectivity index (χ3n) is 4.20. The van der Waals surface area contributed by atoms with Crippen molar-refractivity contribution in [3.63, 3.8) is 0 Å². The van der Waals surface area contributed by atoms with E-state index in [0.29, 0.717) is 0 Å². The van der Waals surface area contributed by atoms with Gasteiger partial charge in [0.05, 0.1) is 6.54 Å². The first-order chi connectivity index (χ1) is 9.96. The molecule has 132 valence electrons. The molecule has 0 bridgehead atoms. The van der Waals surface area contributed by atoms with Gasteiger partial charge in [0, 0.05) is 17.8 Å². The number of rotatable bonds is 7. The number of likely N-dealkylation sites (tertiary alicyclic amines) is 1. The molecule has 2 N–H and O–H groups in total. The van der Waals surface area contributed by atoms with Gasteiger partial charge in [-0.05, 0) is 72.3 Å². The second-order valence-corrected chi connectivity index (χ2v) is 8.13. The molecular weight excluding hydrogens is 407 g/mol. The molecule has 0 atom stereocenters. The summed E-state index contributed by atoms with van der Waals surface area (Å²) in [6.45, 7) is 11.9. The number of hydrogen-bond donors (Lipinski definition) is 2. The largest absolute Gasteiger partial charge is 0.357 e. The maximum absolute atomic E-state index is 4.72. The van der Waals surface area contributed by atoms with Crippen LogP contribution in [0.15, 0.2) is 4.99 Å². The minimum atomic E-state index is 0. The predicted octanol–water partition coefficient (Wildman–Crippen LogP) is 3.03. The average molecular weight is 442 g/mol. The van der Waals surface area contributed by atoms with E-state index in [4.69, 9.17) is 4.99 Å². The van der Waals surface area contributed by atoms with Crippen LogP contribution in [0, 0.1) is 5.92 Å². The topological polar surface area (TPSA) is 39.7 Å². The van der Waals surface area contributed by atoms with Gasteiger partial charge in [-0.15, -0.1) is 24.0 Å². The SMILES string of the molecule is CCNC(=NCC(C)(C)SC)NCCC1CCN(C)CC1.I. The molecule has 1 fully saturated rings. The van der Waals surface area contributed by atoms with E-state index >= 15 is 0 Å². The Hall–Kier alpha value is 0.310. The fourth-order valence-corrected chi connectivity index (χ4v) is 2.61. The molecule has 1 rings (SSSR count). The van der Waals surface area contributed by atoms with Crippen LogP contribution in [0.4, 0.5) is 0 Å². The lowest BCUT2D eigenvalue weighted by molar-refractivity contribution is 0.213. The molecule has 0 saturated carbocycles. The lowest BCUT2D eigenvalue weighted by atomic mass is 9.94. The van der Waals surface area contributed by atoms with Crippen LogP contribution in [-0.4, -0.2) is 61.6 Å². The number of piperidine rings is 1. The van der Waals surface area contributed by atoms with Crippen LogP contribution < -0.4 is 10.6 Å². The molecule has 0 unspecified atom stereocenters. The third-order valence-corrected chi connectivity index (χ3v) is 5.43. The number of nitrogens with zero attached hydrogens (tertiary/aromatic N) is 2. The van der Waals surface area contributed by atoms with E-state index in [1.54, 1.807) is 0 Å². The van der Waals surface area contributed by atoms with Crippen LogP contribution in [0.2, 0.25) is 0 Å². The van der Waals surface area contributed by atoms with Crippen LogP contribution in [0.25, 0.3) is 0 Å². The number of hydrogen-bond acceptors (Lipinski definition) is 3. The first-order valence-electron chi connectivity index (χ1n) is 8.22. The summed E-state index contributed by atoms with van der Waals surface area (Å²) in [5.41, 5.74) is 0. The highest BCUT2D eigenvalue weighted by Crippen LogP contribution is 2.21. The zero-order valence-electron chi connectivity index (χ0n) is 14.9. The smallest absolute Gasteiger partial charge is 0.191 e. The Morgan fingerprint density at radius 3 is 2.45 bits per heavy atom. The van der Waals surface area contributed by atoms with Crippen molar-refractivity contribution in [2.24, 2.45) is 10.9 Å². The molecule has 0 aromatic rings. The quantitative estimate of drug-likeness (QED) is 0.361. The minimum Gasteiger partial charge on any atom is -0.357 e. The first kappa shape index (κ1) is 22.3. The molecule has 0 spiro atoms. The summed E-state index contributed by atoms with van der Waals surface area (Å²) >= 11 is 1.87. The summed E-state index contributed by atoms with van der Waals surface area (Å²) in [5, 5.41) is 6.84. The summed E-state index contributed by atoms with van der Waals surface area (Å²) in [6.07, 6.45) is 6.08. The fraction of sp³-hybridized carbons (Fsp3) is 0.938. The van der Waals surface area contributed by atoms with Crippen molar-refractivity contribution in [3.05, 3.63) is 0 Å². The maximum Gasteiger partial charge on any atom is 0.191 e. The summed E-state index contributed by atoms with van der Waals surface area (Å²) in [5.74, 6) is 1.84. The van der Waals surface area contributed by atoms with Crippen LogP contribution >= 0.6 is 35.7 Å². The Kier molecular flexibility index (Phi) is 12.0. The van der Waals surface area contributed by atoms with Crippen molar-refractivity contribution in [2.75, 3.05) is 46.0 Å². The zero-order chi connectivity index (χ0) is 15.7.